The number of carbonyl (C=O) groups is 1. The Bertz CT molecular complexity index is 662. The Morgan fingerprint density at radius 1 is 1.24 bits per heavy atom. The molecule has 1 amide bonds. The van der Waals surface area contributed by atoms with E-state index >= 15 is 0 Å². The first-order chi connectivity index (χ1) is 10.2. The molecule has 3 heteroatoms. The van der Waals surface area contributed by atoms with E-state index in [0.29, 0.717) is 0 Å². The molecule has 2 heterocycles. The maximum absolute atomic E-state index is 12.6. The minimum absolute atomic E-state index is 0.174. The van der Waals surface area contributed by atoms with Gasteiger partial charge in [0.05, 0.1) is 16.6 Å². The zero-order chi connectivity index (χ0) is 14.9. The predicted molar refractivity (Wildman–Crippen MR) is 86.3 cm³/mol. The molecule has 2 aromatic rings. The quantitative estimate of drug-likeness (QED) is 0.609. The van der Waals surface area contributed by atoms with Gasteiger partial charge in [0.1, 0.15) is 0 Å². The maximum Gasteiger partial charge on any atom is 0.234 e. The first-order valence-electron chi connectivity index (χ1n) is 7.81. The van der Waals surface area contributed by atoms with Gasteiger partial charge in [-0.05, 0) is 25.5 Å². The van der Waals surface area contributed by atoms with E-state index < -0.39 is 0 Å². The van der Waals surface area contributed by atoms with Crippen LogP contribution in [0, 0.1) is 5.41 Å². The monoisotopic (exact) mass is 282 g/mol. The van der Waals surface area contributed by atoms with Crippen molar-refractivity contribution in [1.82, 2.24) is 4.98 Å². The highest BCUT2D eigenvalue weighted by Gasteiger charge is 2.48. The van der Waals surface area contributed by atoms with Crippen LogP contribution in [0.1, 0.15) is 39.5 Å². The summed E-state index contributed by atoms with van der Waals surface area (Å²) in [4.78, 5) is 19.0. The van der Waals surface area contributed by atoms with Gasteiger partial charge in [0, 0.05) is 18.1 Å². The number of rotatable bonds is 5. The van der Waals surface area contributed by atoms with Crippen LogP contribution in [0.2, 0.25) is 0 Å². The van der Waals surface area contributed by atoms with Crippen molar-refractivity contribution < 1.29 is 4.79 Å². The first kappa shape index (κ1) is 14.1. The summed E-state index contributed by atoms with van der Waals surface area (Å²) >= 11 is 0. The number of anilines is 1. The minimum Gasteiger partial charge on any atom is -0.309 e. The van der Waals surface area contributed by atoms with Gasteiger partial charge in [0.15, 0.2) is 0 Å². The average molecular weight is 282 g/mol. The number of benzene rings is 1. The van der Waals surface area contributed by atoms with E-state index in [9.17, 15) is 4.79 Å². The number of fused-ring (bicyclic) bond motifs is 1. The highest BCUT2D eigenvalue weighted by molar-refractivity contribution is 6.09. The molecule has 0 bridgehead atoms. The number of nitrogens with zero attached hydrogens (tertiary/aromatic N) is 2. The average Bonchev–Trinajstić information content (AvgIpc) is 2.52. The molecule has 1 saturated heterocycles. The number of amides is 1. The van der Waals surface area contributed by atoms with Crippen LogP contribution in [-0.2, 0) is 4.79 Å². The van der Waals surface area contributed by atoms with Crippen LogP contribution in [0.25, 0.3) is 10.9 Å². The molecule has 110 valence electrons. The molecule has 3 nitrogen and oxygen atoms in total. The molecule has 1 atom stereocenters. The molecule has 1 aliphatic rings. The summed E-state index contributed by atoms with van der Waals surface area (Å²) in [5.74, 6) is 0.247. The van der Waals surface area contributed by atoms with E-state index in [1.165, 1.54) is 12.8 Å². The fourth-order valence-corrected chi connectivity index (χ4v) is 3.17. The van der Waals surface area contributed by atoms with Gasteiger partial charge in [0.2, 0.25) is 5.91 Å². The molecular weight excluding hydrogens is 260 g/mol. The normalized spacial score (nSPS) is 21.6. The second-order valence-electron chi connectivity index (χ2n) is 6.26. The van der Waals surface area contributed by atoms with E-state index in [1.54, 1.807) is 6.20 Å². The lowest BCUT2D eigenvalue weighted by molar-refractivity contribution is -0.134. The molecule has 1 fully saturated rings. The number of hydrogen-bond donors (Lipinski definition) is 0. The molecule has 1 aliphatic heterocycles. The SMILES string of the molecule is CCCCCC1(C)CN(c2cccc3cccnc23)C1=O. The Kier molecular flexibility index (Phi) is 3.66. The summed E-state index contributed by atoms with van der Waals surface area (Å²) < 4.78 is 0. The third-order valence-electron chi connectivity index (χ3n) is 4.50. The summed E-state index contributed by atoms with van der Waals surface area (Å²) in [5, 5.41) is 1.09. The van der Waals surface area contributed by atoms with Gasteiger partial charge in [-0.15, -0.1) is 0 Å². The fraction of sp³-hybridized carbons (Fsp3) is 0.444. The van der Waals surface area contributed by atoms with Gasteiger partial charge in [-0.1, -0.05) is 44.4 Å². The molecule has 3 rings (SSSR count). The number of hydrogen-bond acceptors (Lipinski definition) is 2. The van der Waals surface area contributed by atoms with E-state index in [1.807, 2.05) is 35.2 Å². The molecule has 21 heavy (non-hydrogen) atoms. The number of pyridine rings is 1. The Balaban J connectivity index is 1.81. The molecule has 0 aliphatic carbocycles. The van der Waals surface area contributed by atoms with Crippen LogP contribution < -0.4 is 4.90 Å². The minimum atomic E-state index is -0.174. The predicted octanol–water partition coefficient (Wildman–Crippen LogP) is 4.17. The van der Waals surface area contributed by atoms with Gasteiger partial charge in [0.25, 0.3) is 0 Å². The molecule has 0 N–H and O–H groups in total. The van der Waals surface area contributed by atoms with Crippen LogP contribution >= 0.6 is 0 Å². The third kappa shape index (κ3) is 2.41. The molecule has 1 unspecified atom stereocenters. The van der Waals surface area contributed by atoms with Crippen molar-refractivity contribution in [1.29, 1.82) is 0 Å². The summed E-state index contributed by atoms with van der Waals surface area (Å²) in [6.45, 7) is 5.10. The van der Waals surface area contributed by atoms with Gasteiger partial charge in [-0.25, -0.2) is 0 Å². The van der Waals surface area contributed by atoms with Crippen molar-refractivity contribution >= 4 is 22.5 Å². The lowest BCUT2D eigenvalue weighted by Crippen LogP contribution is -2.60. The van der Waals surface area contributed by atoms with Crippen LogP contribution in [0.4, 0.5) is 5.69 Å². The van der Waals surface area contributed by atoms with Gasteiger partial charge in [-0.3, -0.25) is 9.78 Å². The zero-order valence-corrected chi connectivity index (χ0v) is 12.8. The Hall–Kier alpha value is -1.90. The summed E-state index contributed by atoms with van der Waals surface area (Å²) in [5.41, 5.74) is 1.70. The lowest BCUT2D eigenvalue weighted by Gasteiger charge is -2.47. The van der Waals surface area contributed by atoms with E-state index in [0.717, 1.165) is 36.0 Å². The van der Waals surface area contributed by atoms with E-state index in [-0.39, 0.29) is 11.3 Å². The van der Waals surface area contributed by atoms with Gasteiger partial charge in [-0.2, -0.15) is 0 Å². The Morgan fingerprint density at radius 2 is 2.05 bits per heavy atom. The second-order valence-corrected chi connectivity index (χ2v) is 6.26. The second kappa shape index (κ2) is 5.47. The fourth-order valence-electron chi connectivity index (χ4n) is 3.17. The van der Waals surface area contributed by atoms with Crippen molar-refractivity contribution in [3.8, 4) is 0 Å². The highest BCUT2D eigenvalue weighted by atomic mass is 16.2. The van der Waals surface area contributed by atoms with E-state index in [4.69, 9.17) is 0 Å². The molecule has 0 saturated carbocycles. The molecule has 0 radical (unpaired) electrons. The number of para-hydroxylation sites is 1. The van der Waals surface area contributed by atoms with Crippen LogP contribution in [-0.4, -0.2) is 17.4 Å². The zero-order valence-electron chi connectivity index (χ0n) is 12.8. The van der Waals surface area contributed by atoms with Gasteiger partial charge >= 0.3 is 0 Å². The topological polar surface area (TPSA) is 33.2 Å². The van der Waals surface area contributed by atoms with Crippen LogP contribution in [0.3, 0.4) is 0 Å². The van der Waals surface area contributed by atoms with E-state index in [2.05, 4.69) is 18.8 Å². The van der Waals surface area contributed by atoms with Crippen molar-refractivity contribution in [2.24, 2.45) is 5.41 Å². The number of carbonyl (C=O) groups excluding carboxylic acids is 1. The number of unbranched alkanes of at least 4 members (excludes halogenated alkanes) is 2. The largest absolute Gasteiger partial charge is 0.309 e. The smallest absolute Gasteiger partial charge is 0.234 e. The van der Waals surface area contributed by atoms with Gasteiger partial charge < -0.3 is 4.90 Å². The van der Waals surface area contributed by atoms with Crippen molar-refractivity contribution in [3.05, 3.63) is 36.5 Å². The third-order valence-corrected chi connectivity index (χ3v) is 4.50. The molecular formula is C18H22N2O. The number of β-lactam (4-membered cyclic amide) rings is 1. The Morgan fingerprint density at radius 3 is 2.81 bits per heavy atom. The molecule has 1 aromatic heterocycles. The molecule has 0 spiro atoms. The van der Waals surface area contributed by atoms with Crippen LogP contribution in [0.5, 0.6) is 0 Å². The summed E-state index contributed by atoms with van der Waals surface area (Å²) in [6, 6.07) is 10.0. The van der Waals surface area contributed by atoms with Crippen molar-refractivity contribution in [2.45, 2.75) is 39.5 Å². The highest BCUT2D eigenvalue weighted by Crippen LogP contribution is 2.41. The standard InChI is InChI=1S/C18H22N2O/c1-3-4-5-11-18(2)13-20(17(18)21)15-10-6-8-14-9-7-12-19-16(14)15/h6-10,12H,3-5,11,13H2,1-2H3. The maximum atomic E-state index is 12.6. The first-order valence-corrected chi connectivity index (χ1v) is 7.81. The number of aromatic nitrogens is 1. The van der Waals surface area contributed by atoms with Crippen molar-refractivity contribution in [2.75, 3.05) is 11.4 Å². The van der Waals surface area contributed by atoms with Crippen LogP contribution in [0.15, 0.2) is 36.5 Å². The lowest BCUT2D eigenvalue weighted by atomic mass is 9.76. The molecule has 1 aromatic carbocycles. The van der Waals surface area contributed by atoms with Crippen molar-refractivity contribution in [3.63, 3.8) is 0 Å². The Labute approximate surface area is 126 Å². The summed E-state index contributed by atoms with van der Waals surface area (Å²) in [6.07, 6.45) is 6.32. The summed E-state index contributed by atoms with van der Waals surface area (Å²) in [7, 11) is 0.